The molecule has 0 radical (unpaired) electrons. The minimum Gasteiger partial charge on any atom is -0.493 e. The predicted molar refractivity (Wildman–Crippen MR) is 77.2 cm³/mol. The summed E-state index contributed by atoms with van der Waals surface area (Å²) in [6, 6.07) is 5.08. The molecule has 110 valence electrons. The number of rotatable bonds is 6. The molecule has 0 amide bonds. The van der Waals surface area contributed by atoms with Gasteiger partial charge < -0.3 is 14.2 Å². The second-order valence-corrected chi connectivity index (χ2v) is 4.87. The van der Waals surface area contributed by atoms with Crippen molar-refractivity contribution in [3.63, 3.8) is 0 Å². The first kappa shape index (κ1) is 16.5. The minimum atomic E-state index is -0.423. The molecule has 0 heterocycles. The number of carbonyl (C=O) groups is 2. The summed E-state index contributed by atoms with van der Waals surface area (Å²) in [7, 11) is 1.48. The summed E-state index contributed by atoms with van der Waals surface area (Å²) in [6.45, 7) is 2.69. The summed E-state index contributed by atoms with van der Waals surface area (Å²) in [5, 5.41) is 0.693. The van der Waals surface area contributed by atoms with Crippen LogP contribution < -0.4 is 9.47 Å². The first-order valence-corrected chi connectivity index (χ1v) is 7.19. The van der Waals surface area contributed by atoms with Crippen LogP contribution in [0, 0.1) is 0 Å². The van der Waals surface area contributed by atoms with Crippen molar-refractivity contribution in [2.45, 2.75) is 26.4 Å². The highest BCUT2D eigenvalue weighted by Crippen LogP contribution is 2.33. The third-order valence-corrected chi connectivity index (χ3v) is 2.95. The Balaban J connectivity index is 3.04. The highest BCUT2D eigenvalue weighted by Gasteiger charge is 2.17. The zero-order valence-electron chi connectivity index (χ0n) is 11.6. The standard InChI is InChI=1S/C14H17BrO5/c1-9(16)19-12(6-7-15)11-4-5-13(20-10(2)17)14(8-11)18-3/h4-5,8,12H,6-7H2,1-3H3. The number of alkyl halides is 1. The Morgan fingerprint density at radius 3 is 2.40 bits per heavy atom. The Kier molecular flexibility index (Phi) is 6.51. The van der Waals surface area contributed by atoms with Crippen molar-refractivity contribution in [1.82, 2.24) is 0 Å². The normalized spacial score (nSPS) is 11.6. The molecule has 0 N–H and O–H groups in total. The summed E-state index contributed by atoms with van der Waals surface area (Å²) < 4.78 is 15.5. The van der Waals surface area contributed by atoms with Gasteiger partial charge in [0.05, 0.1) is 7.11 Å². The van der Waals surface area contributed by atoms with Gasteiger partial charge in [-0.1, -0.05) is 22.0 Å². The van der Waals surface area contributed by atoms with E-state index in [0.717, 1.165) is 5.56 Å². The van der Waals surface area contributed by atoms with Crippen molar-refractivity contribution in [2.24, 2.45) is 0 Å². The zero-order valence-corrected chi connectivity index (χ0v) is 13.2. The molecule has 0 saturated carbocycles. The fraction of sp³-hybridized carbons (Fsp3) is 0.429. The Bertz CT molecular complexity index is 486. The van der Waals surface area contributed by atoms with Gasteiger partial charge in [0.15, 0.2) is 11.5 Å². The van der Waals surface area contributed by atoms with Gasteiger partial charge in [0.1, 0.15) is 6.10 Å². The van der Waals surface area contributed by atoms with Gasteiger partial charge in [-0.05, 0) is 24.1 Å². The van der Waals surface area contributed by atoms with Crippen LogP contribution in [0.2, 0.25) is 0 Å². The molecule has 1 rings (SSSR count). The molecule has 1 aromatic rings. The smallest absolute Gasteiger partial charge is 0.308 e. The van der Waals surface area contributed by atoms with Gasteiger partial charge in [-0.25, -0.2) is 0 Å². The molecule has 1 atom stereocenters. The van der Waals surface area contributed by atoms with Crippen LogP contribution in [0.5, 0.6) is 11.5 Å². The number of hydrogen-bond acceptors (Lipinski definition) is 5. The number of esters is 2. The van der Waals surface area contributed by atoms with Crippen molar-refractivity contribution in [3.8, 4) is 11.5 Å². The van der Waals surface area contributed by atoms with E-state index in [2.05, 4.69) is 15.9 Å². The van der Waals surface area contributed by atoms with Crippen molar-refractivity contribution >= 4 is 27.9 Å². The van der Waals surface area contributed by atoms with E-state index in [-0.39, 0.29) is 12.1 Å². The molecule has 0 aliphatic rings. The van der Waals surface area contributed by atoms with Crippen LogP contribution in [-0.4, -0.2) is 24.4 Å². The highest BCUT2D eigenvalue weighted by atomic mass is 79.9. The molecule has 0 aliphatic carbocycles. The molecular weight excluding hydrogens is 328 g/mol. The first-order chi connectivity index (χ1) is 9.47. The fourth-order valence-electron chi connectivity index (χ4n) is 1.72. The second kappa shape index (κ2) is 7.89. The van der Waals surface area contributed by atoms with Crippen LogP contribution in [0.25, 0.3) is 0 Å². The monoisotopic (exact) mass is 344 g/mol. The summed E-state index contributed by atoms with van der Waals surface area (Å²) >= 11 is 3.33. The Morgan fingerprint density at radius 1 is 1.20 bits per heavy atom. The van der Waals surface area contributed by atoms with Gasteiger partial charge in [0.2, 0.25) is 0 Å². The molecule has 0 saturated heterocycles. The van der Waals surface area contributed by atoms with Gasteiger partial charge in [0.25, 0.3) is 0 Å². The van der Waals surface area contributed by atoms with E-state index in [4.69, 9.17) is 14.2 Å². The number of carbonyl (C=O) groups excluding carboxylic acids is 2. The van der Waals surface area contributed by atoms with Gasteiger partial charge in [-0.3, -0.25) is 9.59 Å². The van der Waals surface area contributed by atoms with E-state index < -0.39 is 5.97 Å². The largest absolute Gasteiger partial charge is 0.493 e. The molecule has 1 unspecified atom stereocenters. The zero-order chi connectivity index (χ0) is 15.1. The average Bonchev–Trinajstić information content (AvgIpc) is 2.37. The van der Waals surface area contributed by atoms with E-state index in [1.165, 1.54) is 21.0 Å². The maximum absolute atomic E-state index is 11.1. The Morgan fingerprint density at radius 2 is 1.90 bits per heavy atom. The molecule has 0 bridgehead atoms. The van der Waals surface area contributed by atoms with Crippen molar-refractivity contribution in [2.75, 3.05) is 12.4 Å². The van der Waals surface area contributed by atoms with Crippen LogP contribution in [0.3, 0.4) is 0 Å². The van der Waals surface area contributed by atoms with Crippen LogP contribution in [0.1, 0.15) is 31.9 Å². The molecule has 0 aromatic heterocycles. The third kappa shape index (κ3) is 4.85. The van der Waals surface area contributed by atoms with Crippen molar-refractivity contribution in [1.29, 1.82) is 0 Å². The molecule has 0 spiro atoms. The lowest BCUT2D eigenvalue weighted by Gasteiger charge is -2.18. The van der Waals surface area contributed by atoms with Gasteiger partial charge in [-0.15, -0.1) is 0 Å². The van der Waals surface area contributed by atoms with Gasteiger partial charge in [-0.2, -0.15) is 0 Å². The fourth-order valence-corrected chi connectivity index (χ4v) is 2.13. The second-order valence-electron chi connectivity index (χ2n) is 4.08. The number of ether oxygens (including phenoxy) is 3. The average molecular weight is 345 g/mol. The van der Waals surface area contributed by atoms with Crippen LogP contribution in [0.15, 0.2) is 18.2 Å². The maximum Gasteiger partial charge on any atom is 0.308 e. The van der Waals surface area contributed by atoms with Crippen LogP contribution in [-0.2, 0) is 14.3 Å². The predicted octanol–water partition coefficient (Wildman–Crippen LogP) is 3.01. The minimum absolute atomic E-state index is 0.337. The topological polar surface area (TPSA) is 61.8 Å². The van der Waals surface area contributed by atoms with E-state index in [1.807, 2.05) is 0 Å². The van der Waals surface area contributed by atoms with E-state index in [1.54, 1.807) is 18.2 Å². The number of halogens is 1. The summed E-state index contributed by atoms with van der Waals surface area (Å²) in [5.74, 6) is -0.0133. The summed E-state index contributed by atoms with van der Waals surface area (Å²) in [5.41, 5.74) is 0.785. The van der Waals surface area contributed by atoms with Crippen LogP contribution >= 0.6 is 15.9 Å². The first-order valence-electron chi connectivity index (χ1n) is 6.07. The van der Waals surface area contributed by atoms with E-state index in [9.17, 15) is 9.59 Å². The molecule has 6 heteroatoms. The highest BCUT2D eigenvalue weighted by molar-refractivity contribution is 9.09. The van der Waals surface area contributed by atoms with E-state index in [0.29, 0.717) is 23.2 Å². The summed E-state index contributed by atoms with van der Waals surface area (Å²) in [4.78, 5) is 22.1. The van der Waals surface area contributed by atoms with E-state index >= 15 is 0 Å². The molecule has 5 nitrogen and oxygen atoms in total. The van der Waals surface area contributed by atoms with Gasteiger partial charge >= 0.3 is 11.9 Å². The third-order valence-electron chi connectivity index (χ3n) is 2.49. The number of hydrogen-bond donors (Lipinski definition) is 0. The van der Waals surface area contributed by atoms with Crippen LogP contribution in [0.4, 0.5) is 0 Å². The van der Waals surface area contributed by atoms with Gasteiger partial charge in [0, 0.05) is 19.2 Å². The maximum atomic E-state index is 11.1. The molecule has 20 heavy (non-hydrogen) atoms. The SMILES string of the molecule is COc1cc(C(CCBr)OC(C)=O)ccc1OC(C)=O. The molecule has 0 aliphatic heterocycles. The van der Waals surface area contributed by atoms with Crippen molar-refractivity contribution in [3.05, 3.63) is 23.8 Å². The Hall–Kier alpha value is -1.56. The number of methoxy groups -OCH3 is 1. The molecular formula is C14H17BrO5. The van der Waals surface area contributed by atoms with Crippen molar-refractivity contribution < 1.29 is 23.8 Å². The number of benzene rings is 1. The summed E-state index contributed by atoms with van der Waals surface area (Å²) in [6.07, 6.45) is 0.266. The lowest BCUT2D eigenvalue weighted by Crippen LogP contribution is -2.10. The lowest BCUT2D eigenvalue weighted by atomic mass is 10.1. The Labute approximate surface area is 126 Å². The molecule has 1 aromatic carbocycles. The quantitative estimate of drug-likeness (QED) is 0.451. The molecule has 0 fully saturated rings. The lowest BCUT2D eigenvalue weighted by molar-refractivity contribution is -0.146.